The van der Waals surface area contributed by atoms with E-state index < -0.39 is 0 Å². The Labute approximate surface area is 125 Å². The van der Waals surface area contributed by atoms with Gasteiger partial charge >= 0.3 is 0 Å². The lowest BCUT2D eigenvalue weighted by Gasteiger charge is -2.09. The molecule has 2 rings (SSSR count). The first kappa shape index (κ1) is 14.8. The van der Waals surface area contributed by atoms with Gasteiger partial charge in [0.2, 0.25) is 5.88 Å². The van der Waals surface area contributed by atoms with E-state index in [9.17, 15) is 0 Å². The second-order valence-electron chi connectivity index (χ2n) is 4.65. The summed E-state index contributed by atoms with van der Waals surface area (Å²) in [7, 11) is 0. The SMILES string of the molecule is CCCCc1ccc(Oc2ncnc(Cl)c2CC)cc1. The van der Waals surface area contributed by atoms with Crippen LogP contribution < -0.4 is 4.74 Å². The normalized spacial score (nSPS) is 10.6. The van der Waals surface area contributed by atoms with Crippen LogP contribution in [0.25, 0.3) is 0 Å². The predicted molar refractivity (Wildman–Crippen MR) is 81.5 cm³/mol. The van der Waals surface area contributed by atoms with E-state index >= 15 is 0 Å². The third-order valence-electron chi connectivity index (χ3n) is 3.16. The minimum Gasteiger partial charge on any atom is -0.439 e. The topological polar surface area (TPSA) is 35.0 Å². The van der Waals surface area contributed by atoms with Crippen LogP contribution in [-0.4, -0.2) is 9.97 Å². The molecule has 0 aliphatic rings. The van der Waals surface area contributed by atoms with Gasteiger partial charge in [-0.05, 0) is 37.0 Å². The number of aryl methyl sites for hydroxylation is 1. The molecule has 0 atom stereocenters. The maximum Gasteiger partial charge on any atom is 0.226 e. The quantitative estimate of drug-likeness (QED) is 0.715. The maximum atomic E-state index is 6.05. The molecule has 0 spiro atoms. The van der Waals surface area contributed by atoms with Crippen LogP contribution in [0.15, 0.2) is 30.6 Å². The van der Waals surface area contributed by atoms with Crippen molar-refractivity contribution < 1.29 is 4.74 Å². The Morgan fingerprint density at radius 1 is 1.10 bits per heavy atom. The molecule has 0 saturated carbocycles. The Kier molecular flexibility index (Phi) is 5.36. The summed E-state index contributed by atoms with van der Waals surface area (Å²) in [4.78, 5) is 8.13. The van der Waals surface area contributed by atoms with Crippen LogP contribution in [0.1, 0.15) is 37.8 Å². The first-order valence-corrected chi connectivity index (χ1v) is 7.38. The lowest BCUT2D eigenvalue weighted by atomic mass is 10.1. The molecule has 2 aromatic rings. The van der Waals surface area contributed by atoms with Crippen LogP contribution in [0.4, 0.5) is 0 Å². The zero-order valence-corrected chi connectivity index (χ0v) is 12.7. The number of hydrogen-bond acceptors (Lipinski definition) is 3. The molecule has 20 heavy (non-hydrogen) atoms. The number of hydrogen-bond donors (Lipinski definition) is 0. The third kappa shape index (κ3) is 3.70. The zero-order chi connectivity index (χ0) is 14.4. The van der Waals surface area contributed by atoms with E-state index in [1.165, 1.54) is 24.7 Å². The Balaban J connectivity index is 2.12. The van der Waals surface area contributed by atoms with Gasteiger partial charge in [-0.25, -0.2) is 9.97 Å². The largest absolute Gasteiger partial charge is 0.439 e. The second-order valence-corrected chi connectivity index (χ2v) is 5.01. The fraction of sp³-hybridized carbons (Fsp3) is 0.375. The average Bonchev–Trinajstić information content (AvgIpc) is 2.47. The van der Waals surface area contributed by atoms with Crippen molar-refractivity contribution in [2.45, 2.75) is 39.5 Å². The summed E-state index contributed by atoms with van der Waals surface area (Å²) in [5.74, 6) is 1.31. The summed E-state index contributed by atoms with van der Waals surface area (Å²) >= 11 is 6.05. The molecule has 0 N–H and O–H groups in total. The van der Waals surface area contributed by atoms with Crippen molar-refractivity contribution in [1.29, 1.82) is 0 Å². The van der Waals surface area contributed by atoms with E-state index in [4.69, 9.17) is 16.3 Å². The molecule has 0 radical (unpaired) electrons. The number of nitrogens with zero attached hydrogens (tertiary/aromatic N) is 2. The fourth-order valence-electron chi connectivity index (χ4n) is 1.98. The molecule has 4 heteroatoms. The molecule has 0 amide bonds. The number of halogens is 1. The van der Waals surface area contributed by atoms with Crippen molar-refractivity contribution in [3.8, 4) is 11.6 Å². The van der Waals surface area contributed by atoms with Crippen molar-refractivity contribution in [2.75, 3.05) is 0 Å². The number of ether oxygens (including phenoxy) is 1. The van der Waals surface area contributed by atoms with Crippen LogP contribution >= 0.6 is 11.6 Å². The standard InChI is InChI=1S/C16H19ClN2O/c1-3-5-6-12-7-9-13(10-8-12)20-16-14(4-2)15(17)18-11-19-16/h7-11H,3-6H2,1-2H3. The molecular weight excluding hydrogens is 272 g/mol. The van der Waals surface area contributed by atoms with Gasteiger partial charge in [0.1, 0.15) is 17.2 Å². The first-order valence-electron chi connectivity index (χ1n) is 7.00. The molecule has 0 aliphatic heterocycles. The van der Waals surface area contributed by atoms with Gasteiger partial charge in [-0.1, -0.05) is 44.0 Å². The van der Waals surface area contributed by atoms with Crippen molar-refractivity contribution in [3.05, 3.63) is 46.9 Å². The monoisotopic (exact) mass is 290 g/mol. The van der Waals surface area contributed by atoms with Crippen LogP contribution in [0, 0.1) is 0 Å². The molecule has 0 aliphatic carbocycles. The van der Waals surface area contributed by atoms with Crippen molar-refractivity contribution in [2.24, 2.45) is 0 Å². The summed E-state index contributed by atoms with van der Waals surface area (Å²) in [5.41, 5.74) is 2.17. The molecule has 1 aromatic heterocycles. The zero-order valence-electron chi connectivity index (χ0n) is 11.9. The summed E-state index contributed by atoms with van der Waals surface area (Å²) < 4.78 is 5.81. The van der Waals surface area contributed by atoms with Gasteiger partial charge in [-0.15, -0.1) is 0 Å². The number of aromatic nitrogens is 2. The van der Waals surface area contributed by atoms with Crippen LogP contribution in [-0.2, 0) is 12.8 Å². The van der Waals surface area contributed by atoms with E-state index in [0.29, 0.717) is 11.0 Å². The molecule has 3 nitrogen and oxygen atoms in total. The van der Waals surface area contributed by atoms with E-state index in [2.05, 4.69) is 29.0 Å². The summed E-state index contributed by atoms with van der Waals surface area (Å²) in [6, 6.07) is 8.14. The Morgan fingerprint density at radius 2 is 1.85 bits per heavy atom. The summed E-state index contributed by atoms with van der Waals surface area (Å²) in [5, 5.41) is 0.456. The smallest absolute Gasteiger partial charge is 0.226 e. The van der Waals surface area contributed by atoms with E-state index in [1.54, 1.807) is 0 Å². The van der Waals surface area contributed by atoms with E-state index in [-0.39, 0.29) is 0 Å². The van der Waals surface area contributed by atoms with Gasteiger partial charge in [0, 0.05) is 0 Å². The Morgan fingerprint density at radius 3 is 2.50 bits per heavy atom. The fourth-order valence-corrected chi connectivity index (χ4v) is 2.24. The third-order valence-corrected chi connectivity index (χ3v) is 3.49. The predicted octanol–water partition coefficient (Wildman–Crippen LogP) is 4.83. The molecule has 0 bridgehead atoms. The number of rotatable bonds is 6. The van der Waals surface area contributed by atoms with Gasteiger partial charge in [0.05, 0.1) is 5.56 Å². The lowest BCUT2D eigenvalue weighted by molar-refractivity contribution is 0.455. The lowest BCUT2D eigenvalue weighted by Crippen LogP contribution is -1.96. The number of benzene rings is 1. The van der Waals surface area contributed by atoms with Crippen molar-refractivity contribution in [3.63, 3.8) is 0 Å². The minimum atomic E-state index is 0.456. The van der Waals surface area contributed by atoms with Crippen molar-refractivity contribution >= 4 is 11.6 Å². The van der Waals surface area contributed by atoms with Gasteiger partial charge in [0.15, 0.2) is 0 Å². The van der Waals surface area contributed by atoms with Crippen molar-refractivity contribution in [1.82, 2.24) is 9.97 Å². The van der Waals surface area contributed by atoms with Crippen LogP contribution in [0.3, 0.4) is 0 Å². The molecule has 1 aromatic carbocycles. The summed E-state index contributed by atoms with van der Waals surface area (Å²) in [6.07, 6.45) is 5.69. The highest BCUT2D eigenvalue weighted by atomic mass is 35.5. The van der Waals surface area contributed by atoms with Crippen LogP contribution in [0.2, 0.25) is 5.15 Å². The first-order chi connectivity index (χ1) is 9.74. The number of unbranched alkanes of at least 4 members (excludes halogenated alkanes) is 1. The minimum absolute atomic E-state index is 0.456. The van der Waals surface area contributed by atoms with Gasteiger partial charge in [0.25, 0.3) is 0 Å². The highest BCUT2D eigenvalue weighted by molar-refractivity contribution is 6.30. The average molecular weight is 291 g/mol. The van der Waals surface area contributed by atoms with Gasteiger partial charge in [-0.2, -0.15) is 0 Å². The molecule has 106 valence electrons. The van der Waals surface area contributed by atoms with E-state index in [0.717, 1.165) is 24.2 Å². The van der Waals surface area contributed by atoms with Gasteiger partial charge in [-0.3, -0.25) is 0 Å². The molecular formula is C16H19ClN2O. The highest BCUT2D eigenvalue weighted by Gasteiger charge is 2.10. The second kappa shape index (κ2) is 7.25. The molecule has 0 unspecified atom stereocenters. The van der Waals surface area contributed by atoms with Gasteiger partial charge < -0.3 is 4.74 Å². The maximum absolute atomic E-state index is 6.05. The molecule has 0 saturated heterocycles. The Bertz CT molecular complexity index is 555. The molecule has 0 fully saturated rings. The summed E-state index contributed by atoms with van der Waals surface area (Å²) in [6.45, 7) is 4.20. The highest BCUT2D eigenvalue weighted by Crippen LogP contribution is 2.27. The van der Waals surface area contributed by atoms with Crippen LogP contribution in [0.5, 0.6) is 11.6 Å². The molecule has 1 heterocycles. The van der Waals surface area contributed by atoms with E-state index in [1.807, 2.05) is 19.1 Å². The Hall–Kier alpha value is -1.61.